The van der Waals surface area contributed by atoms with Gasteiger partial charge in [0.05, 0.1) is 11.2 Å². The van der Waals surface area contributed by atoms with E-state index in [1.54, 1.807) is 11.3 Å². The number of nitrogens with two attached hydrogens (primary N) is 1. The van der Waals surface area contributed by atoms with Gasteiger partial charge in [0, 0.05) is 16.8 Å². The van der Waals surface area contributed by atoms with Crippen molar-refractivity contribution in [3.8, 4) is 0 Å². The first-order valence-electron chi connectivity index (χ1n) is 6.92. The van der Waals surface area contributed by atoms with E-state index in [2.05, 4.69) is 0 Å². The van der Waals surface area contributed by atoms with Crippen LogP contribution in [-0.4, -0.2) is 4.98 Å². The van der Waals surface area contributed by atoms with E-state index in [-0.39, 0.29) is 0 Å². The molecule has 1 aromatic heterocycles. The Hall–Kier alpha value is -0.410. The Morgan fingerprint density at radius 1 is 1.18 bits per heavy atom. The van der Waals surface area contributed by atoms with Crippen molar-refractivity contribution in [3.63, 3.8) is 0 Å². The van der Waals surface area contributed by atoms with Crippen LogP contribution in [0.25, 0.3) is 0 Å². The van der Waals surface area contributed by atoms with Crippen molar-refractivity contribution in [1.29, 1.82) is 0 Å². The fourth-order valence-corrected chi connectivity index (χ4v) is 6.01. The molecule has 4 saturated carbocycles. The standard InChI is InChI=1S/C14H20N2S/c15-7-12-13(16-8-17-12)14-4-9-1-10(5-14)3-11(2-9)6-14/h8-11H,1-7,15H2. The van der Waals surface area contributed by atoms with Crippen LogP contribution in [0.4, 0.5) is 0 Å². The molecular weight excluding hydrogens is 228 g/mol. The molecule has 4 fully saturated rings. The van der Waals surface area contributed by atoms with E-state index in [1.165, 1.54) is 49.1 Å². The van der Waals surface area contributed by atoms with Gasteiger partial charge >= 0.3 is 0 Å². The second kappa shape index (κ2) is 3.55. The van der Waals surface area contributed by atoms with Crippen LogP contribution >= 0.6 is 11.3 Å². The van der Waals surface area contributed by atoms with Gasteiger partial charge in [0.1, 0.15) is 0 Å². The van der Waals surface area contributed by atoms with Gasteiger partial charge in [0.15, 0.2) is 0 Å². The first-order valence-corrected chi connectivity index (χ1v) is 7.80. The SMILES string of the molecule is NCc1scnc1C12CC3CC(CC(C3)C1)C2. The summed E-state index contributed by atoms with van der Waals surface area (Å²) in [6, 6.07) is 0. The summed E-state index contributed by atoms with van der Waals surface area (Å²) in [7, 11) is 0. The maximum atomic E-state index is 5.88. The van der Waals surface area contributed by atoms with Gasteiger partial charge in [-0.05, 0) is 56.3 Å². The van der Waals surface area contributed by atoms with E-state index in [4.69, 9.17) is 10.7 Å². The lowest BCUT2D eigenvalue weighted by atomic mass is 9.48. The maximum absolute atomic E-state index is 5.88. The number of aromatic nitrogens is 1. The third-order valence-electron chi connectivity index (χ3n) is 5.37. The number of thiazole rings is 1. The first kappa shape index (κ1) is 10.5. The molecule has 0 spiro atoms. The van der Waals surface area contributed by atoms with Crippen LogP contribution in [0.1, 0.15) is 49.1 Å². The Kier molecular flexibility index (Phi) is 2.19. The minimum absolute atomic E-state index is 0.434. The van der Waals surface area contributed by atoms with Gasteiger partial charge in [-0.15, -0.1) is 11.3 Å². The first-order chi connectivity index (χ1) is 8.29. The van der Waals surface area contributed by atoms with Crippen LogP contribution in [0.3, 0.4) is 0 Å². The summed E-state index contributed by atoms with van der Waals surface area (Å²) in [5.74, 6) is 2.98. The lowest BCUT2D eigenvalue weighted by Crippen LogP contribution is -2.49. The highest BCUT2D eigenvalue weighted by Crippen LogP contribution is 2.61. The van der Waals surface area contributed by atoms with Crippen LogP contribution in [0, 0.1) is 17.8 Å². The minimum atomic E-state index is 0.434. The Labute approximate surface area is 107 Å². The molecule has 2 nitrogen and oxygen atoms in total. The highest BCUT2D eigenvalue weighted by Gasteiger charge is 2.53. The molecular formula is C14H20N2S. The molecule has 0 unspecified atom stereocenters. The summed E-state index contributed by atoms with van der Waals surface area (Å²) in [4.78, 5) is 6.07. The van der Waals surface area contributed by atoms with Crippen molar-refractivity contribution in [2.24, 2.45) is 23.5 Å². The molecule has 2 N–H and O–H groups in total. The van der Waals surface area contributed by atoms with Gasteiger partial charge in [-0.25, -0.2) is 4.98 Å². The molecule has 0 amide bonds. The van der Waals surface area contributed by atoms with E-state index < -0.39 is 0 Å². The normalized spacial score (nSPS) is 43.2. The van der Waals surface area contributed by atoms with Crippen molar-refractivity contribution in [1.82, 2.24) is 4.98 Å². The average Bonchev–Trinajstić information content (AvgIpc) is 2.75. The Balaban J connectivity index is 1.77. The summed E-state index contributed by atoms with van der Waals surface area (Å²) < 4.78 is 0. The number of hydrogen-bond acceptors (Lipinski definition) is 3. The van der Waals surface area contributed by atoms with Gasteiger partial charge in [0.2, 0.25) is 0 Å². The second-order valence-corrected chi connectivity index (χ2v) is 7.47. The molecule has 3 heteroatoms. The van der Waals surface area contributed by atoms with E-state index in [0.717, 1.165) is 17.8 Å². The summed E-state index contributed by atoms with van der Waals surface area (Å²) in [5.41, 5.74) is 9.72. The lowest BCUT2D eigenvalue weighted by molar-refractivity contribution is -0.00729. The summed E-state index contributed by atoms with van der Waals surface area (Å²) in [6.45, 7) is 0.682. The highest BCUT2D eigenvalue weighted by atomic mass is 32.1. The third-order valence-corrected chi connectivity index (χ3v) is 6.22. The smallest absolute Gasteiger partial charge is 0.0798 e. The zero-order chi connectivity index (χ0) is 11.5. The number of nitrogens with zero attached hydrogens (tertiary/aromatic N) is 1. The summed E-state index contributed by atoms with van der Waals surface area (Å²) in [6.07, 6.45) is 8.70. The zero-order valence-electron chi connectivity index (χ0n) is 10.2. The quantitative estimate of drug-likeness (QED) is 0.873. The monoisotopic (exact) mass is 248 g/mol. The van der Waals surface area contributed by atoms with E-state index in [0.29, 0.717) is 12.0 Å². The average molecular weight is 248 g/mol. The van der Waals surface area contributed by atoms with E-state index in [1.807, 2.05) is 5.51 Å². The van der Waals surface area contributed by atoms with Crippen LogP contribution in [0.5, 0.6) is 0 Å². The molecule has 0 aromatic carbocycles. The zero-order valence-corrected chi connectivity index (χ0v) is 11.0. The Morgan fingerprint density at radius 3 is 2.29 bits per heavy atom. The van der Waals surface area contributed by atoms with E-state index in [9.17, 15) is 0 Å². The van der Waals surface area contributed by atoms with Gasteiger partial charge in [-0.3, -0.25) is 0 Å². The largest absolute Gasteiger partial charge is 0.326 e. The number of hydrogen-bond donors (Lipinski definition) is 1. The van der Waals surface area contributed by atoms with Crippen LogP contribution in [0.2, 0.25) is 0 Å². The summed E-state index contributed by atoms with van der Waals surface area (Å²) >= 11 is 1.76. The molecule has 0 saturated heterocycles. The molecule has 4 bridgehead atoms. The van der Waals surface area contributed by atoms with Crippen molar-refractivity contribution in [3.05, 3.63) is 16.1 Å². The molecule has 4 aliphatic carbocycles. The van der Waals surface area contributed by atoms with Gasteiger partial charge < -0.3 is 5.73 Å². The minimum Gasteiger partial charge on any atom is -0.326 e. The topological polar surface area (TPSA) is 38.9 Å². The molecule has 0 atom stereocenters. The maximum Gasteiger partial charge on any atom is 0.0798 e. The molecule has 1 heterocycles. The van der Waals surface area contributed by atoms with Crippen LogP contribution in [0.15, 0.2) is 5.51 Å². The third kappa shape index (κ3) is 1.45. The lowest BCUT2D eigenvalue weighted by Gasteiger charge is -2.56. The predicted octanol–water partition coefficient (Wildman–Crippen LogP) is 3.07. The van der Waals surface area contributed by atoms with Gasteiger partial charge in [-0.1, -0.05) is 0 Å². The highest BCUT2D eigenvalue weighted by molar-refractivity contribution is 7.09. The Bertz CT molecular complexity index is 402. The van der Waals surface area contributed by atoms with E-state index >= 15 is 0 Å². The molecule has 17 heavy (non-hydrogen) atoms. The number of rotatable bonds is 2. The van der Waals surface area contributed by atoms with Crippen LogP contribution < -0.4 is 5.73 Å². The fraction of sp³-hybridized carbons (Fsp3) is 0.786. The van der Waals surface area contributed by atoms with Gasteiger partial charge in [0.25, 0.3) is 0 Å². The molecule has 5 rings (SSSR count). The van der Waals surface area contributed by atoms with Crippen molar-refractivity contribution >= 4 is 11.3 Å². The van der Waals surface area contributed by atoms with Crippen molar-refractivity contribution in [2.45, 2.75) is 50.5 Å². The molecule has 0 aliphatic heterocycles. The molecule has 92 valence electrons. The molecule has 0 radical (unpaired) electrons. The predicted molar refractivity (Wildman–Crippen MR) is 69.9 cm³/mol. The fourth-order valence-electron chi connectivity index (χ4n) is 5.25. The van der Waals surface area contributed by atoms with Gasteiger partial charge in [-0.2, -0.15) is 0 Å². The second-order valence-electron chi connectivity index (χ2n) is 6.53. The van der Waals surface area contributed by atoms with Crippen LogP contribution in [-0.2, 0) is 12.0 Å². The molecule has 1 aromatic rings. The Morgan fingerprint density at radius 2 is 1.76 bits per heavy atom. The molecule has 4 aliphatic rings. The van der Waals surface area contributed by atoms with Crippen molar-refractivity contribution < 1.29 is 0 Å². The summed E-state index contributed by atoms with van der Waals surface area (Å²) in [5, 5.41) is 0. The van der Waals surface area contributed by atoms with Crippen molar-refractivity contribution in [2.75, 3.05) is 0 Å².